The number of carbonyl (C=O) groups excluding carboxylic acids is 2. The number of likely N-dealkylation sites (tertiary alicyclic amines) is 1. The second-order valence-electron chi connectivity index (χ2n) is 10.7. The summed E-state index contributed by atoms with van der Waals surface area (Å²) < 4.78 is 45.9. The van der Waals surface area contributed by atoms with Crippen molar-refractivity contribution in [3.63, 3.8) is 0 Å². The minimum atomic E-state index is -0.968. The molecule has 212 valence electrons. The van der Waals surface area contributed by atoms with Crippen molar-refractivity contribution in [2.45, 2.75) is 44.8 Å². The molecule has 40 heavy (non-hydrogen) atoms. The van der Waals surface area contributed by atoms with E-state index in [2.05, 4.69) is 15.3 Å². The highest BCUT2D eigenvalue weighted by atomic mass is 35.5. The van der Waals surface area contributed by atoms with Crippen LogP contribution in [0, 0.1) is 11.6 Å². The van der Waals surface area contributed by atoms with Gasteiger partial charge in [-0.05, 0) is 39.0 Å². The van der Waals surface area contributed by atoms with Gasteiger partial charge in [0.1, 0.15) is 40.6 Å². The Morgan fingerprint density at radius 2 is 1.90 bits per heavy atom. The normalized spacial score (nSPS) is 16.8. The van der Waals surface area contributed by atoms with E-state index in [1.807, 2.05) is 0 Å². The molecule has 10 nitrogen and oxygen atoms in total. The molecule has 0 bridgehead atoms. The number of ether oxygens (including phenoxy) is 3. The second-order valence-corrected chi connectivity index (χ2v) is 11.1. The summed E-state index contributed by atoms with van der Waals surface area (Å²) in [6, 6.07) is 5.36. The van der Waals surface area contributed by atoms with Crippen molar-refractivity contribution in [1.29, 1.82) is 0 Å². The first-order chi connectivity index (χ1) is 18.9. The van der Waals surface area contributed by atoms with E-state index in [1.54, 1.807) is 37.8 Å². The molecule has 1 N–H and O–H groups in total. The van der Waals surface area contributed by atoms with Crippen LogP contribution in [0.1, 0.15) is 33.6 Å². The molecule has 1 spiro atoms. The average molecular weight is 576 g/mol. The largest absolute Gasteiger partial charge is 0.494 e. The number of fused-ring (bicyclic) bond motifs is 1. The van der Waals surface area contributed by atoms with E-state index < -0.39 is 40.7 Å². The Balaban J connectivity index is 1.43. The summed E-state index contributed by atoms with van der Waals surface area (Å²) in [6.07, 6.45) is 1.09. The van der Waals surface area contributed by atoms with Gasteiger partial charge in [-0.15, -0.1) is 0 Å². The van der Waals surface area contributed by atoms with E-state index in [-0.39, 0.29) is 17.4 Å². The third-order valence-electron chi connectivity index (χ3n) is 6.81. The van der Waals surface area contributed by atoms with Crippen molar-refractivity contribution in [1.82, 2.24) is 14.9 Å². The van der Waals surface area contributed by atoms with Crippen molar-refractivity contribution >= 4 is 51.9 Å². The number of methoxy groups -OCH3 is 1. The number of nitrogens with zero attached hydrogens (tertiary/aromatic N) is 4. The highest BCUT2D eigenvalue weighted by Gasteiger charge is 2.49. The summed E-state index contributed by atoms with van der Waals surface area (Å²) in [5.41, 5.74) is -1.11. The lowest BCUT2D eigenvalue weighted by atomic mass is 9.91. The number of hydrogen-bond donors (Lipinski definition) is 1. The summed E-state index contributed by atoms with van der Waals surface area (Å²) in [7, 11) is 1.46. The first-order valence-electron chi connectivity index (χ1n) is 12.6. The minimum absolute atomic E-state index is 0.0990. The minimum Gasteiger partial charge on any atom is -0.494 e. The van der Waals surface area contributed by atoms with Crippen molar-refractivity contribution in [2.24, 2.45) is 0 Å². The van der Waals surface area contributed by atoms with Gasteiger partial charge in [0.15, 0.2) is 5.82 Å². The fourth-order valence-electron chi connectivity index (χ4n) is 4.80. The van der Waals surface area contributed by atoms with Gasteiger partial charge < -0.3 is 24.4 Å². The Hall–Kier alpha value is -3.93. The maximum Gasteiger partial charge on any atom is 0.415 e. The van der Waals surface area contributed by atoms with Crippen LogP contribution in [-0.2, 0) is 9.47 Å². The lowest BCUT2D eigenvalue weighted by Gasteiger charge is -2.37. The van der Waals surface area contributed by atoms with Gasteiger partial charge in [-0.2, -0.15) is 0 Å². The standard InChI is InChI=1S/C27H28ClF2N5O5/c1-26(2,3)39-24(36)34-9-7-27(8-10-34)13-35(25(37)40-27)19-11-15-18(12-20(19)38-4)31-14-32-23(15)33-22-17(29)6-5-16(28)21(22)30/h5-6,11-12,14H,7-10,13H2,1-4H3,(H,31,32,33). The molecule has 2 aliphatic heterocycles. The molecule has 3 aromatic rings. The summed E-state index contributed by atoms with van der Waals surface area (Å²) in [5, 5.41) is 2.79. The van der Waals surface area contributed by atoms with Crippen LogP contribution in [0.25, 0.3) is 10.9 Å². The molecule has 0 saturated carbocycles. The van der Waals surface area contributed by atoms with Gasteiger partial charge in [0.05, 0.1) is 29.9 Å². The molecule has 3 heterocycles. The van der Waals surface area contributed by atoms with Crippen molar-refractivity contribution in [3.05, 3.63) is 47.2 Å². The topological polar surface area (TPSA) is 106 Å². The van der Waals surface area contributed by atoms with Crippen molar-refractivity contribution in [2.75, 3.05) is 37.0 Å². The fraction of sp³-hybridized carbons (Fsp3) is 0.407. The molecule has 2 fully saturated rings. The van der Waals surface area contributed by atoms with Crippen LogP contribution in [-0.4, -0.2) is 65.0 Å². The van der Waals surface area contributed by atoms with Crippen LogP contribution >= 0.6 is 11.6 Å². The lowest BCUT2D eigenvalue weighted by Crippen LogP contribution is -2.49. The number of nitrogens with one attached hydrogen (secondary N) is 1. The zero-order valence-corrected chi connectivity index (χ0v) is 23.1. The van der Waals surface area contributed by atoms with E-state index >= 15 is 0 Å². The predicted molar refractivity (Wildman–Crippen MR) is 144 cm³/mol. The van der Waals surface area contributed by atoms with E-state index in [9.17, 15) is 18.4 Å². The van der Waals surface area contributed by atoms with Crippen molar-refractivity contribution < 1.29 is 32.6 Å². The number of benzene rings is 2. The summed E-state index contributed by atoms with van der Waals surface area (Å²) >= 11 is 5.84. The maximum absolute atomic E-state index is 14.6. The monoisotopic (exact) mass is 575 g/mol. The summed E-state index contributed by atoms with van der Waals surface area (Å²) in [5.74, 6) is -1.38. The summed E-state index contributed by atoms with van der Waals surface area (Å²) in [4.78, 5) is 37.1. The van der Waals surface area contributed by atoms with Gasteiger partial charge in [0.2, 0.25) is 0 Å². The van der Waals surface area contributed by atoms with Crippen LogP contribution < -0.4 is 15.0 Å². The number of amides is 2. The van der Waals surface area contributed by atoms with Gasteiger partial charge in [0, 0.05) is 37.4 Å². The Bertz CT molecular complexity index is 1490. The zero-order chi connectivity index (χ0) is 28.8. The first-order valence-corrected chi connectivity index (χ1v) is 13.0. The van der Waals surface area contributed by atoms with E-state index in [0.29, 0.717) is 48.3 Å². The zero-order valence-electron chi connectivity index (χ0n) is 22.4. The SMILES string of the molecule is COc1cc2ncnc(Nc3c(F)ccc(Cl)c3F)c2cc1N1CC2(CCN(C(=O)OC(C)(C)C)CC2)OC1=O. The number of piperidine rings is 1. The number of halogens is 3. The molecule has 13 heteroatoms. The second kappa shape index (κ2) is 10.2. The molecule has 0 unspecified atom stereocenters. The molecule has 2 amide bonds. The van der Waals surface area contributed by atoms with Gasteiger partial charge in [-0.1, -0.05) is 11.6 Å². The molecule has 1 aromatic heterocycles. The van der Waals surface area contributed by atoms with Gasteiger partial charge in [-0.25, -0.2) is 28.3 Å². The molecule has 0 radical (unpaired) electrons. The Morgan fingerprint density at radius 3 is 2.58 bits per heavy atom. The van der Waals surface area contributed by atoms with Crippen LogP contribution in [0.3, 0.4) is 0 Å². The molecule has 2 aliphatic rings. The Kier molecular flexibility index (Phi) is 7.07. The average Bonchev–Trinajstić information content (AvgIpc) is 3.22. The quantitative estimate of drug-likeness (QED) is 0.375. The maximum atomic E-state index is 14.6. The molecule has 0 aliphatic carbocycles. The summed E-state index contributed by atoms with van der Waals surface area (Å²) in [6.45, 7) is 6.35. The van der Waals surface area contributed by atoms with Crippen LogP contribution in [0.5, 0.6) is 5.75 Å². The number of aromatic nitrogens is 2. The molecular weight excluding hydrogens is 548 g/mol. The highest BCUT2D eigenvalue weighted by Crippen LogP contribution is 2.42. The highest BCUT2D eigenvalue weighted by molar-refractivity contribution is 6.31. The van der Waals surface area contributed by atoms with E-state index in [0.717, 1.165) is 12.1 Å². The molecule has 5 rings (SSSR count). The van der Waals surface area contributed by atoms with Gasteiger partial charge >= 0.3 is 12.2 Å². The third-order valence-corrected chi connectivity index (χ3v) is 7.10. The van der Waals surface area contributed by atoms with Gasteiger partial charge in [0.25, 0.3) is 0 Å². The Morgan fingerprint density at radius 1 is 1.18 bits per heavy atom. The van der Waals surface area contributed by atoms with E-state index in [1.165, 1.54) is 18.3 Å². The third kappa shape index (κ3) is 5.27. The van der Waals surface area contributed by atoms with Crippen molar-refractivity contribution in [3.8, 4) is 5.75 Å². The number of anilines is 3. The Labute approximate surface area is 234 Å². The molecule has 2 saturated heterocycles. The first kappa shape index (κ1) is 27.6. The smallest absolute Gasteiger partial charge is 0.415 e. The molecule has 0 atom stereocenters. The molecule has 2 aromatic carbocycles. The fourth-order valence-corrected chi connectivity index (χ4v) is 4.96. The van der Waals surface area contributed by atoms with Crippen LogP contribution in [0.2, 0.25) is 5.02 Å². The van der Waals surface area contributed by atoms with Crippen LogP contribution in [0.15, 0.2) is 30.6 Å². The number of carbonyl (C=O) groups is 2. The molecular formula is C27H28ClF2N5O5. The van der Waals surface area contributed by atoms with Gasteiger partial charge in [-0.3, -0.25) is 4.90 Å². The number of rotatable bonds is 4. The number of hydrogen-bond acceptors (Lipinski definition) is 8. The van der Waals surface area contributed by atoms with Crippen LogP contribution in [0.4, 0.5) is 35.6 Å². The lowest BCUT2D eigenvalue weighted by molar-refractivity contribution is -0.0167. The predicted octanol–water partition coefficient (Wildman–Crippen LogP) is 6.04. The van der Waals surface area contributed by atoms with E-state index in [4.69, 9.17) is 25.8 Å².